The Hall–Kier alpha value is -2.70. The molecule has 5 nitrogen and oxygen atoms in total. The molecule has 0 bridgehead atoms. The molecule has 1 aliphatic carbocycles. The highest BCUT2D eigenvalue weighted by molar-refractivity contribution is 6.33. The Morgan fingerprint density at radius 3 is 2.62 bits per heavy atom. The summed E-state index contributed by atoms with van der Waals surface area (Å²) in [5, 5.41) is 7.54. The van der Waals surface area contributed by atoms with Gasteiger partial charge in [0.1, 0.15) is 11.6 Å². The van der Waals surface area contributed by atoms with E-state index in [1.54, 1.807) is 24.7 Å². The zero-order valence-corrected chi connectivity index (χ0v) is 20.1. The van der Waals surface area contributed by atoms with Gasteiger partial charge in [-0.1, -0.05) is 23.7 Å². The van der Waals surface area contributed by atoms with Gasteiger partial charge in [0.25, 0.3) is 0 Å². The minimum absolute atomic E-state index is 0.237. The summed E-state index contributed by atoms with van der Waals surface area (Å²) in [5.74, 6) is 0.612. The zero-order valence-electron chi connectivity index (χ0n) is 19.3. The van der Waals surface area contributed by atoms with Gasteiger partial charge in [0.15, 0.2) is 0 Å². The number of anilines is 2. The summed E-state index contributed by atoms with van der Waals surface area (Å²) in [6.45, 7) is 3.06. The van der Waals surface area contributed by atoms with Crippen molar-refractivity contribution in [2.45, 2.75) is 57.2 Å². The van der Waals surface area contributed by atoms with Gasteiger partial charge in [-0.25, -0.2) is 9.37 Å². The van der Waals surface area contributed by atoms with Gasteiger partial charge in [-0.05, 0) is 81.4 Å². The molecular weight excluding hydrogens is 449 g/mol. The fraction of sp³-hybridized carbons (Fsp3) is 0.407. The third-order valence-electron chi connectivity index (χ3n) is 7.00. The van der Waals surface area contributed by atoms with Crippen molar-refractivity contribution >= 4 is 23.1 Å². The van der Waals surface area contributed by atoms with Crippen molar-refractivity contribution in [1.82, 2.24) is 14.9 Å². The second-order valence-electron chi connectivity index (χ2n) is 9.39. The summed E-state index contributed by atoms with van der Waals surface area (Å²) in [4.78, 5) is 11.6. The minimum Gasteiger partial charge on any atom is -0.380 e. The third kappa shape index (κ3) is 5.68. The van der Waals surface area contributed by atoms with E-state index in [1.165, 1.54) is 63.7 Å². The number of benzene rings is 1. The first-order chi connectivity index (χ1) is 16.6. The van der Waals surface area contributed by atoms with Crippen molar-refractivity contribution < 1.29 is 4.39 Å². The first kappa shape index (κ1) is 23.1. The topological polar surface area (TPSA) is 53.1 Å². The first-order valence-corrected chi connectivity index (χ1v) is 12.6. The number of hydrogen-bond acceptors (Lipinski definition) is 5. The number of aromatic nitrogens is 2. The second kappa shape index (κ2) is 10.7. The van der Waals surface area contributed by atoms with Crippen LogP contribution in [-0.2, 0) is 6.54 Å². The summed E-state index contributed by atoms with van der Waals surface area (Å²) in [6, 6.07) is 11.8. The van der Waals surface area contributed by atoms with Gasteiger partial charge in [0.05, 0.1) is 10.7 Å². The highest BCUT2D eigenvalue weighted by atomic mass is 35.5. The molecule has 0 unspecified atom stereocenters. The van der Waals surface area contributed by atoms with Crippen molar-refractivity contribution in [3.05, 3.63) is 71.4 Å². The van der Waals surface area contributed by atoms with Crippen molar-refractivity contribution in [2.24, 2.45) is 0 Å². The van der Waals surface area contributed by atoms with Crippen LogP contribution in [0.2, 0.25) is 5.02 Å². The highest BCUT2D eigenvalue weighted by Crippen LogP contribution is 2.32. The average molecular weight is 480 g/mol. The Labute approximate surface area is 205 Å². The van der Waals surface area contributed by atoms with Crippen LogP contribution in [0.5, 0.6) is 0 Å². The number of nitrogens with one attached hydrogen (secondary N) is 2. The molecule has 0 spiro atoms. The van der Waals surface area contributed by atoms with Gasteiger partial charge < -0.3 is 15.5 Å². The third-order valence-corrected chi connectivity index (χ3v) is 7.30. The number of rotatable bonds is 7. The van der Waals surface area contributed by atoms with Gasteiger partial charge in [0, 0.05) is 48.3 Å². The van der Waals surface area contributed by atoms with Crippen molar-refractivity contribution in [3.8, 4) is 11.1 Å². The Bertz CT molecular complexity index is 1110. The van der Waals surface area contributed by atoms with E-state index in [0.29, 0.717) is 17.6 Å². The normalized spacial score (nSPS) is 20.9. The van der Waals surface area contributed by atoms with Crippen LogP contribution in [0.1, 0.15) is 44.1 Å². The zero-order chi connectivity index (χ0) is 23.3. The minimum atomic E-state index is -0.237. The van der Waals surface area contributed by atoms with E-state index in [0.717, 1.165) is 34.2 Å². The van der Waals surface area contributed by atoms with E-state index < -0.39 is 0 Å². The van der Waals surface area contributed by atoms with Gasteiger partial charge in [-0.15, -0.1) is 0 Å². The SMILES string of the molecule is Fc1cccc(CNc2cncc(-c3cc(NC4CCC(N5CCCC5)CC4)ncc3Cl)c2)c1. The van der Waals surface area contributed by atoms with Gasteiger partial charge in [-0.2, -0.15) is 0 Å². The fourth-order valence-corrected chi connectivity index (χ4v) is 5.39. The molecule has 2 aromatic heterocycles. The van der Waals surface area contributed by atoms with Crippen LogP contribution in [0.4, 0.5) is 15.9 Å². The van der Waals surface area contributed by atoms with Crippen molar-refractivity contribution in [2.75, 3.05) is 23.7 Å². The lowest BCUT2D eigenvalue weighted by atomic mass is 9.90. The van der Waals surface area contributed by atoms with Crippen LogP contribution in [0, 0.1) is 5.82 Å². The first-order valence-electron chi connectivity index (χ1n) is 12.2. The molecule has 3 aromatic rings. The van der Waals surface area contributed by atoms with Crippen LogP contribution in [0.25, 0.3) is 11.1 Å². The number of pyridine rings is 2. The average Bonchev–Trinajstić information content (AvgIpc) is 3.40. The van der Waals surface area contributed by atoms with E-state index in [2.05, 4.69) is 25.5 Å². The van der Waals surface area contributed by atoms with E-state index >= 15 is 0 Å². The summed E-state index contributed by atoms with van der Waals surface area (Å²) in [5.41, 5.74) is 3.53. The molecule has 0 radical (unpaired) electrons. The molecule has 34 heavy (non-hydrogen) atoms. The second-order valence-corrected chi connectivity index (χ2v) is 9.80. The molecule has 2 aliphatic rings. The molecule has 0 atom stereocenters. The lowest BCUT2D eigenvalue weighted by Crippen LogP contribution is -2.38. The summed E-state index contributed by atoms with van der Waals surface area (Å²) >= 11 is 6.52. The lowest BCUT2D eigenvalue weighted by Gasteiger charge is -2.35. The molecule has 1 saturated heterocycles. The standard InChI is InChI=1S/C27H31ClFN5/c28-26-18-32-27(33-22-6-8-24(9-7-22)34-10-1-2-11-34)14-25(26)20-13-23(17-30-16-20)31-15-19-4-3-5-21(29)12-19/h3-5,12-14,16-18,22,24,31H,1-2,6-11,15H2,(H,32,33). The fourth-order valence-electron chi connectivity index (χ4n) is 5.17. The summed E-state index contributed by atoms with van der Waals surface area (Å²) < 4.78 is 13.4. The predicted molar refractivity (Wildman–Crippen MR) is 137 cm³/mol. The molecule has 5 rings (SSSR count). The molecule has 1 saturated carbocycles. The number of halogens is 2. The molecule has 2 fully saturated rings. The number of hydrogen-bond donors (Lipinski definition) is 2. The number of nitrogens with zero attached hydrogens (tertiary/aromatic N) is 3. The van der Waals surface area contributed by atoms with E-state index in [1.807, 2.05) is 18.2 Å². The van der Waals surface area contributed by atoms with Gasteiger partial charge in [0.2, 0.25) is 0 Å². The van der Waals surface area contributed by atoms with Gasteiger partial charge in [-0.3, -0.25) is 4.98 Å². The largest absolute Gasteiger partial charge is 0.380 e. The molecule has 1 aliphatic heterocycles. The highest BCUT2D eigenvalue weighted by Gasteiger charge is 2.27. The number of likely N-dealkylation sites (tertiary alicyclic amines) is 1. The molecule has 7 heteroatoms. The molecular formula is C27H31ClFN5. The summed E-state index contributed by atoms with van der Waals surface area (Å²) in [7, 11) is 0. The van der Waals surface area contributed by atoms with E-state index in [9.17, 15) is 4.39 Å². The predicted octanol–water partition coefficient (Wildman–Crippen LogP) is 6.37. The maximum absolute atomic E-state index is 13.4. The molecule has 0 amide bonds. The Balaban J connectivity index is 1.23. The van der Waals surface area contributed by atoms with Crippen LogP contribution < -0.4 is 10.6 Å². The lowest BCUT2D eigenvalue weighted by molar-refractivity contribution is 0.186. The quantitative estimate of drug-likeness (QED) is 0.412. The Morgan fingerprint density at radius 2 is 1.82 bits per heavy atom. The van der Waals surface area contributed by atoms with Crippen LogP contribution in [0.3, 0.4) is 0 Å². The van der Waals surface area contributed by atoms with Crippen molar-refractivity contribution in [1.29, 1.82) is 0 Å². The molecule has 2 N–H and O–H groups in total. The van der Waals surface area contributed by atoms with E-state index in [-0.39, 0.29) is 5.82 Å². The maximum atomic E-state index is 13.4. The van der Waals surface area contributed by atoms with Gasteiger partial charge >= 0.3 is 0 Å². The smallest absolute Gasteiger partial charge is 0.126 e. The molecule has 1 aromatic carbocycles. The molecule has 178 valence electrons. The monoisotopic (exact) mass is 479 g/mol. The van der Waals surface area contributed by atoms with Crippen molar-refractivity contribution in [3.63, 3.8) is 0 Å². The van der Waals surface area contributed by atoms with Crippen LogP contribution in [-0.4, -0.2) is 40.0 Å². The van der Waals surface area contributed by atoms with E-state index in [4.69, 9.17) is 11.6 Å². The Morgan fingerprint density at radius 1 is 1.00 bits per heavy atom. The molecule has 3 heterocycles. The Kier molecular flexibility index (Phi) is 7.26. The maximum Gasteiger partial charge on any atom is 0.126 e. The summed E-state index contributed by atoms with van der Waals surface area (Å²) in [6.07, 6.45) is 12.8. The van der Waals surface area contributed by atoms with Crippen LogP contribution in [0.15, 0.2) is 55.0 Å². The van der Waals surface area contributed by atoms with Crippen LogP contribution >= 0.6 is 11.6 Å².